The lowest BCUT2D eigenvalue weighted by Crippen LogP contribution is -2.01. The molecule has 2 rings (SSSR count). The summed E-state index contributed by atoms with van der Waals surface area (Å²) in [5, 5.41) is 20.5. The molecule has 108 valence electrons. The molecule has 0 atom stereocenters. The van der Waals surface area contributed by atoms with E-state index in [1.807, 2.05) is 0 Å². The van der Waals surface area contributed by atoms with E-state index in [0.29, 0.717) is 0 Å². The molecule has 6 nitrogen and oxygen atoms in total. The molecule has 8 heteroatoms. The maximum atomic E-state index is 11.1. The fourth-order valence-electron chi connectivity index (χ4n) is 1.60. The highest BCUT2D eigenvalue weighted by Crippen LogP contribution is 2.35. The lowest BCUT2D eigenvalue weighted by Gasteiger charge is -2.09. The van der Waals surface area contributed by atoms with Crippen LogP contribution in [-0.4, -0.2) is 16.0 Å². The van der Waals surface area contributed by atoms with Gasteiger partial charge in [-0.25, -0.2) is 4.79 Å². The van der Waals surface area contributed by atoms with Crippen LogP contribution in [0.2, 0.25) is 10.0 Å². The quantitative estimate of drug-likeness (QED) is 0.664. The molecule has 0 aliphatic rings. The highest BCUT2D eigenvalue weighted by atomic mass is 35.5. The van der Waals surface area contributed by atoms with E-state index in [1.165, 1.54) is 30.3 Å². The average Bonchev–Trinajstić information content (AvgIpc) is 2.40. The fourth-order valence-corrected chi connectivity index (χ4v) is 1.92. The van der Waals surface area contributed by atoms with Gasteiger partial charge in [-0.15, -0.1) is 0 Å². The second-order valence-corrected chi connectivity index (χ2v) is 4.79. The summed E-state index contributed by atoms with van der Waals surface area (Å²) in [7, 11) is 0. The van der Waals surface area contributed by atoms with Gasteiger partial charge in [-0.1, -0.05) is 23.2 Å². The Morgan fingerprint density at radius 3 is 2.33 bits per heavy atom. The van der Waals surface area contributed by atoms with Crippen LogP contribution in [0.5, 0.6) is 11.5 Å². The highest BCUT2D eigenvalue weighted by molar-refractivity contribution is 6.31. The summed E-state index contributed by atoms with van der Waals surface area (Å²) < 4.78 is 5.33. The molecule has 0 fully saturated rings. The van der Waals surface area contributed by atoms with Crippen LogP contribution in [0.25, 0.3) is 0 Å². The molecule has 0 unspecified atom stereocenters. The lowest BCUT2D eigenvalue weighted by atomic mass is 10.2. The van der Waals surface area contributed by atoms with E-state index in [4.69, 9.17) is 33.0 Å². The molecule has 0 aliphatic heterocycles. The second-order valence-electron chi connectivity index (χ2n) is 3.92. The van der Waals surface area contributed by atoms with E-state index in [2.05, 4.69) is 0 Å². The van der Waals surface area contributed by atoms with E-state index in [0.717, 1.165) is 6.07 Å². The van der Waals surface area contributed by atoms with Gasteiger partial charge >= 0.3 is 11.7 Å². The Balaban J connectivity index is 2.50. The van der Waals surface area contributed by atoms with Gasteiger partial charge in [0.2, 0.25) is 5.75 Å². The maximum absolute atomic E-state index is 11.1. The van der Waals surface area contributed by atoms with Gasteiger partial charge in [-0.2, -0.15) is 0 Å². The van der Waals surface area contributed by atoms with E-state index in [1.54, 1.807) is 0 Å². The van der Waals surface area contributed by atoms with Crippen LogP contribution in [-0.2, 0) is 0 Å². The number of carboxylic acid groups (broad SMARTS) is 1. The van der Waals surface area contributed by atoms with Gasteiger partial charge < -0.3 is 9.84 Å². The van der Waals surface area contributed by atoms with Gasteiger partial charge in [0, 0.05) is 22.2 Å². The Bertz CT molecular complexity index is 732. The van der Waals surface area contributed by atoms with Gasteiger partial charge in [0.1, 0.15) is 11.3 Å². The molecule has 21 heavy (non-hydrogen) atoms. The van der Waals surface area contributed by atoms with Crippen molar-refractivity contribution in [2.24, 2.45) is 0 Å². The van der Waals surface area contributed by atoms with Crippen LogP contribution in [0.15, 0.2) is 36.4 Å². The summed E-state index contributed by atoms with van der Waals surface area (Å²) in [6.45, 7) is 0. The van der Waals surface area contributed by atoms with Crippen molar-refractivity contribution >= 4 is 34.9 Å². The molecule has 0 aromatic heterocycles. The van der Waals surface area contributed by atoms with Crippen LogP contribution in [0.3, 0.4) is 0 Å². The number of nitrogens with zero attached hydrogens (tertiary/aromatic N) is 1. The van der Waals surface area contributed by atoms with Gasteiger partial charge in [-0.3, -0.25) is 10.1 Å². The summed E-state index contributed by atoms with van der Waals surface area (Å²) in [6.07, 6.45) is 0. The van der Waals surface area contributed by atoms with Crippen LogP contribution in [0, 0.1) is 10.1 Å². The predicted molar refractivity (Wildman–Crippen MR) is 76.6 cm³/mol. The molecule has 0 bridgehead atoms. The maximum Gasteiger partial charge on any atom is 0.339 e. The highest BCUT2D eigenvalue weighted by Gasteiger charge is 2.19. The first-order valence-corrected chi connectivity index (χ1v) is 6.28. The lowest BCUT2D eigenvalue weighted by molar-refractivity contribution is -0.385. The molecule has 2 aromatic carbocycles. The van der Waals surface area contributed by atoms with Gasteiger partial charge in [0.25, 0.3) is 0 Å². The van der Waals surface area contributed by atoms with Crippen molar-refractivity contribution in [1.82, 2.24) is 0 Å². The molecular weight excluding hydrogens is 321 g/mol. The Hall–Kier alpha value is -2.31. The van der Waals surface area contributed by atoms with Crippen molar-refractivity contribution in [3.05, 3.63) is 62.1 Å². The molecular formula is C13H7Cl2NO5. The van der Waals surface area contributed by atoms with Crippen molar-refractivity contribution in [3.8, 4) is 11.5 Å². The third-order valence-electron chi connectivity index (χ3n) is 2.51. The number of rotatable bonds is 4. The standard InChI is InChI=1S/C13H7Cl2NO5/c14-7-2-4-11(10(5-7)16(19)20)21-12-6-8(15)1-3-9(12)13(17)18/h1-6H,(H,17,18). The first-order valence-electron chi connectivity index (χ1n) is 5.53. The summed E-state index contributed by atoms with van der Waals surface area (Å²) in [4.78, 5) is 21.4. The van der Waals surface area contributed by atoms with Gasteiger partial charge in [0.05, 0.1) is 4.92 Å². The Labute approximate surface area is 128 Å². The average molecular weight is 328 g/mol. The van der Waals surface area contributed by atoms with Crippen LogP contribution >= 0.6 is 23.2 Å². The van der Waals surface area contributed by atoms with Crippen molar-refractivity contribution in [1.29, 1.82) is 0 Å². The minimum absolute atomic E-state index is 0.0968. The molecule has 0 spiro atoms. The summed E-state index contributed by atoms with van der Waals surface area (Å²) in [5.74, 6) is -1.46. The van der Waals surface area contributed by atoms with E-state index in [9.17, 15) is 14.9 Å². The number of nitro groups is 1. The SMILES string of the molecule is O=C(O)c1ccc(Cl)cc1Oc1ccc(Cl)cc1[N+](=O)[O-]. The first-order chi connectivity index (χ1) is 9.88. The van der Waals surface area contributed by atoms with Crippen LogP contribution in [0.4, 0.5) is 5.69 Å². The molecule has 0 saturated heterocycles. The molecule has 0 heterocycles. The zero-order valence-electron chi connectivity index (χ0n) is 10.2. The molecule has 0 aliphatic carbocycles. The van der Waals surface area contributed by atoms with Crippen molar-refractivity contribution < 1.29 is 19.6 Å². The minimum atomic E-state index is -1.24. The Kier molecular flexibility index (Phi) is 4.30. The first kappa shape index (κ1) is 15.1. The van der Waals surface area contributed by atoms with Gasteiger partial charge in [-0.05, 0) is 24.3 Å². The summed E-state index contributed by atoms with van der Waals surface area (Å²) in [5.41, 5.74) is -0.539. The second kappa shape index (κ2) is 5.99. The third kappa shape index (κ3) is 3.42. The summed E-state index contributed by atoms with van der Waals surface area (Å²) in [6, 6.07) is 7.70. The number of carbonyl (C=O) groups is 1. The van der Waals surface area contributed by atoms with Gasteiger partial charge in [0.15, 0.2) is 0 Å². The number of hydrogen-bond acceptors (Lipinski definition) is 4. The zero-order valence-corrected chi connectivity index (χ0v) is 11.8. The number of carboxylic acids is 1. The molecule has 0 saturated carbocycles. The van der Waals surface area contributed by atoms with Crippen LogP contribution < -0.4 is 4.74 Å². The van der Waals surface area contributed by atoms with Crippen molar-refractivity contribution in [2.45, 2.75) is 0 Å². The smallest absolute Gasteiger partial charge is 0.339 e. The van der Waals surface area contributed by atoms with E-state index < -0.39 is 10.9 Å². The number of hydrogen-bond donors (Lipinski definition) is 1. The number of halogens is 2. The number of ether oxygens (including phenoxy) is 1. The molecule has 1 N–H and O–H groups in total. The largest absolute Gasteiger partial charge is 0.478 e. The fraction of sp³-hybridized carbons (Fsp3) is 0. The minimum Gasteiger partial charge on any atom is -0.478 e. The number of nitro benzene ring substituents is 1. The topological polar surface area (TPSA) is 89.7 Å². The molecule has 2 aromatic rings. The monoisotopic (exact) mass is 327 g/mol. The third-order valence-corrected chi connectivity index (χ3v) is 2.98. The van der Waals surface area contributed by atoms with Crippen molar-refractivity contribution in [3.63, 3.8) is 0 Å². The predicted octanol–water partition coefficient (Wildman–Crippen LogP) is 4.39. The van der Waals surface area contributed by atoms with Crippen molar-refractivity contribution in [2.75, 3.05) is 0 Å². The Morgan fingerprint density at radius 1 is 1.10 bits per heavy atom. The number of benzene rings is 2. The Morgan fingerprint density at radius 2 is 1.71 bits per heavy atom. The van der Waals surface area contributed by atoms with E-state index >= 15 is 0 Å². The summed E-state index contributed by atoms with van der Waals surface area (Å²) >= 11 is 11.5. The molecule has 0 radical (unpaired) electrons. The van der Waals surface area contributed by atoms with E-state index in [-0.39, 0.29) is 32.8 Å². The molecule has 0 amide bonds. The number of aromatic carboxylic acids is 1. The zero-order chi connectivity index (χ0) is 15.6. The normalized spacial score (nSPS) is 10.2. The van der Waals surface area contributed by atoms with Crippen LogP contribution in [0.1, 0.15) is 10.4 Å².